The second-order valence-corrected chi connectivity index (χ2v) is 14.9. The van der Waals surface area contributed by atoms with Gasteiger partial charge in [0.15, 0.2) is 9.34 Å². The lowest BCUT2D eigenvalue weighted by Crippen LogP contribution is -2.49. The minimum Gasteiger partial charge on any atom is -0.467 e. The standard InChI is InChI=1S/C38H35F3N4O6S2/c1-24-36(52-37(43-24)44-25(2)46)53(49,50)42-21-22-45(33(35(48)51-3)23-26-9-11-28(12-10-26)27-7-5-4-6-8-27)34(47)31-15-13-29(14-16-31)30-17-19-32(20-18-30)38(39,40)41/h4-20,33,42H,21-23H2,1-3H3,(H,43,44,46)/t33-/m0/s1. The topological polar surface area (TPSA) is 135 Å². The van der Waals surface area contributed by atoms with Gasteiger partial charge in [0.2, 0.25) is 5.91 Å². The van der Waals surface area contributed by atoms with E-state index < -0.39 is 45.6 Å². The van der Waals surface area contributed by atoms with E-state index in [0.29, 0.717) is 16.7 Å². The summed E-state index contributed by atoms with van der Waals surface area (Å²) >= 11 is 0.770. The smallest absolute Gasteiger partial charge is 0.416 e. The minimum atomic E-state index is -4.48. The molecular formula is C38H35F3N4O6S2. The fourth-order valence-corrected chi connectivity index (χ4v) is 8.09. The number of halogens is 3. The lowest BCUT2D eigenvalue weighted by molar-refractivity contribution is -0.146. The van der Waals surface area contributed by atoms with Gasteiger partial charge in [0.1, 0.15) is 6.04 Å². The molecule has 0 unspecified atom stereocenters. The number of methoxy groups -OCH3 is 1. The van der Waals surface area contributed by atoms with Gasteiger partial charge in [-0.05, 0) is 59.0 Å². The lowest BCUT2D eigenvalue weighted by atomic mass is 9.99. The Balaban J connectivity index is 1.42. The van der Waals surface area contributed by atoms with Gasteiger partial charge in [-0.25, -0.2) is 22.9 Å². The summed E-state index contributed by atoms with van der Waals surface area (Å²) in [4.78, 5) is 44.4. The van der Waals surface area contributed by atoms with Gasteiger partial charge < -0.3 is 15.0 Å². The van der Waals surface area contributed by atoms with Crippen molar-refractivity contribution in [3.63, 3.8) is 0 Å². The Morgan fingerprint density at radius 3 is 1.94 bits per heavy atom. The van der Waals surface area contributed by atoms with E-state index in [-0.39, 0.29) is 40.1 Å². The van der Waals surface area contributed by atoms with E-state index in [9.17, 15) is 36.0 Å². The Hall–Kier alpha value is -5.38. The fraction of sp³-hybridized carbons (Fsp3) is 0.211. The summed E-state index contributed by atoms with van der Waals surface area (Å²) in [6.45, 7) is 2.20. The molecule has 53 heavy (non-hydrogen) atoms. The summed E-state index contributed by atoms with van der Waals surface area (Å²) in [5.74, 6) is -1.75. The molecule has 0 fully saturated rings. The Labute approximate surface area is 308 Å². The van der Waals surface area contributed by atoms with Crippen LogP contribution in [0.3, 0.4) is 0 Å². The van der Waals surface area contributed by atoms with Gasteiger partial charge in [-0.3, -0.25) is 9.59 Å². The van der Waals surface area contributed by atoms with E-state index in [2.05, 4.69) is 15.0 Å². The molecule has 1 atom stereocenters. The van der Waals surface area contributed by atoms with Gasteiger partial charge in [0, 0.05) is 32.0 Å². The molecule has 0 spiro atoms. The van der Waals surface area contributed by atoms with Gasteiger partial charge in [-0.1, -0.05) is 90.2 Å². The Morgan fingerprint density at radius 1 is 0.849 bits per heavy atom. The van der Waals surface area contributed by atoms with Crippen LogP contribution in [0.25, 0.3) is 22.3 Å². The van der Waals surface area contributed by atoms with Crippen molar-refractivity contribution in [1.29, 1.82) is 0 Å². The van der Waals surface area contributed by atoms with E-state index >= 15 is 0 Å². The first kappa shape index (κ1) is 38.8. The molecular weight excluding hydrogens is 730 g/mol. The molecule has 5 aromatic rings. The largest absolute Gasteiger partial charge is 0.467 e. The zero-order valence-electron chi connectivity index (χ0n) is 28.8. The first-order valence-corrected chi connectivity index (χ1v) is 18.5. The van der Waals surface area contributed by atoms with Crippen LogP contribution in [0.1, 0.15) is 34.1 Å². The summed E-state index contributed by atoms with van der Waals surface area (Å²) in [5.41, 5.74) is 3.22. The number of ether oxygens (including phenoxy) is 1. The van der Waals surface area contributed by atoms with Crippen molar-refractivity contribution >= 4 is 44.3 Å². The average Bonchev–Trinajstić information content (AvgIpc) is 3.52. The molecule has 1 aromatic heterocycles. The Bertz CT molecular complexity index is 2170. The molecule has 276 valence electrons. The highest BCUT2D eigenvalue weighted by Gasteiger charge is 2.33. The molecule has 0 aliphatic heterocycles. The highest BCUT2D eigenvalue weighted by molar-refractivity contribution is 7.91. The first-order chi connectivity index (χ1) is 25.2. The van der Waals surface area contributed by atoms with Crippen LogP contribution in [-0.4, -0.2) is 62.3 Å². The number of rotatable bonds is 13. The summed E-state index contributed by atoms with van der Waals surface area (Å²) in [6.07, 6.45) is -4.44. The van der Waals surface area contributed by atoms with Crippen molar-refractivity contribution in [3.8, 4) is 22.3 Å². The average molecular weight is 765 g/mol. The van der Waals surface area contributed by atoms with Crippen molar-refractivity contribution in [2.24, 2.45) is 0 Å². The number of hydrogen-bond acceptors (Lipinski definition) is 8. The van der Waals surface area contributed by atoms with E-state index in [1.807, 2.05) is 54.6 Å². The van der Waals surface area contributed by atoms with Gasteiger partial charge in [0.25, 0.3) is 15.9 Å². The van der Waals surface area contributed by atoms with Crippen LogP contribution in [-0.2, 0) is 36.9 Å². The predicted octanol–water partition coefficient (Wildman–Crippen LogP) is 6.97. The third-order valence-corrected chi connectivity index (χ3v) is 11.3. The molecule has 0 radical (unpaired) electrons. The molecule has 2 amide bonds. The molecule has 0 bridgehead atoms. The summed E-state index contributed by atoms with van der Waals surface area (Å²) in [7, 11) is -2.96. The number of thiazole rings is 1. The van der Waals surface area contributed by atoms with Crippen molar-refractivity contribution in [1.82, 2.24) is 14.6 Å². The normalized spacial score (nSPS) is 12.2. The highest BCUT2D eigenvalue weighted by atomic mass is 32.2. The highest BCUT2D eigenvalue weighted by Crippen LogP contribution is 2.31. The SMILES string of the molecule is COC(=O)[C@H](Cc1ccc(-c2ccccc2)cc1)N(CCNS(=O)(=O)c1sc(NC(C)=O)nc1C)C(=O)c1ccc(-c2ccc(C(F)(F)F)cc2)cc1. The van der Waals surface area contributed by atoms with Crippen LogP contribution >= 0.6 is 11.3 Å². The van der Waals surface area contributed by atoms with Crippen LogP contribution in [0.15, 0.2) is 107 Å². The van der Waals surface area contributed by atoms with E-state index in [1.54, 1.807) is 12.1 Å². The maximum atomic E-state index is 14.2. The zero-order valence-corrected chi connectivity index (χ0v) is 30.4. The van der Waals surface area contributed by atoms with Crippen LogP contribution in [0.2, 0.25) is 0 Å². The number of hydrogen-bond donors (Lipinski definition) is 2. The Kier molecular flexibility index (Phi) is 12.1. The number of nitrogens with zero attached hydrogens (tertiary/aromatic N) is 2. The van der Waals surface area contributed by atoms with E-state index in [0.717, 1.165) is 34.6 Å². The molecule has 2 N–H and O–H groups in total. The number of amides is 2. The number of anilines is 1. The molecule has 1 heterocycles. The lowest BCUT2D eigenvalue weighted by Gasteiger charge is -2.30. The monoisotopic (exact) mass is 764 g/mol. The molecule has 15 heteroatoms. The Morgan fingerprint density at radius 2 is 1.40 bits per heavy atom. The van der Waals surface area contributed by atoms with Crippen LogP contribution in [0.4, 0.5) is 18.3 Å². The summed E-state index contributed by atoms with van der Waals surface area (Å²) < 4.78 is 73.3. The molecule has 0 aliphatic carbocycles. The number of alkyl halides is 3. The van der Waals surface area contributed by atoms with Crippen LogP contribution in [0.5, 0.6) is 0 Å². The number of esters is 1. The van der Waals surface area contributed by atoms with Gasteiger partial charge >= 0.3 is 12.1 Å². The van der Waals surface area contributed by atoms with Crippen LogP contribution < -0.4 is 10.0 Å². The van der Waals surface area contributed by atoms with E-state index in [4.69, 9.17) is 4.74 Å². The number of sulfonamides is 1. The molecule has 0 saturated carbocycles. The number of aryl methyl sites for hydroxylation is 1. The fourth-order valence-electron chi connectivity index (χ4n) is 5.57. The number of aromatic nitrogens is 1. The number of benzene rings is 4. The maximum absolute atomic E-state index is 14.2. The zero-order chi connectivity index (χ0) is 38.3. The minimum absolute atomic E-state index is 0.0396. The number of nitrogens with one attached hydrogen (secondary N) is 2. The molecule has 0 aliphatic rings. The van der Waals surface area contributed by atoms with Gasteiger partial charge in [-0.15, -0.1) is 0 Å². The van der Waals surface area contributed by atoms with Gasteiger partial charge in [0.05, 0.1) is 18.4 Å². The predicted molar refractivity (Wildman–Crippen MR) is 196 cm³/mol. The molecule has 5 rings (SSSR count). The summed E-state index contributed by atoms with van der Waals surface area (Å²) in [5, 5.41) is 2.57. The quantitative estimate of drug-likeness (QED) is 0.124. The van der Waals surface area contributed by atoms with Crippen LogP contribution in [0, 0.1) is 6.92 Å². The molecule has 4 aromatic carbocycles. The van der Waals surface area contributed by atoms with E-state index in [1.165, 1.54) is 50.1 Å². The second-order valence-electron chi connectivity index (χ2n) is 11.9. The first-order valence-electron chi connectivity index (χ1n) is 16.2. The summed E-state index contributed by atoms with van der Waals surface area (Å²) in [6, 6.07) is 26.7. The van der Waals surface area contributed by atoms with Gasteiger partial charge in [-0.2, -0.15) is 13.2 Å². The second kappa shape index (κ2) is 16.5. The number of carbonyl (C=O) groups is 3. The van der Waals surface area contributed by atoms with Crippen molar-refractivity contribution in [2.45, 2.75) is 36.7 Å². The van der Waals surface area contributed by atoms with Crippen molar-refractivity contribution in [2.75, 3.05) is 25.5 Å². The maximum Gasteiger partial charge on any atom is 0.416 e. The number of carbonyl (C=O) groups excluding carboxylic acids is 3. The van der Waals surface area contributed by atoms with Crippen molar-refractivity contribution < 1.29 is 40.7 Å². The molecule has 0 saturated heterocycles. The van der Waals surface area contributed by atoms with Crippen molar-refractivity contribution in [3.05, 3.63) is 126 Å². The third-order valence-electron chi connectivity index (χ3n) is 8.20. The molecule has 10 nitrogen and oxygen atoms in total. The third kappa shape index (κ3) is 9.74.